The Labute approximate surface area is 116 Å². The predicted octanol–water partition coefficient (Wildman–Crippen LogP) is 2.57. The van der Waals surface area contributed by atoms with Gasteiger partial charge in [0.25, 0.3) is 0 Å². The van der Waals surface area contributed by atoms with E-state index in [1.807, 2.05) is 12.1 Å². The summed E-state index contributed by atoms with van der Waals surface area (Å²) in [5.41, 5.74) is 7.22. The first-order chi connectivity index (χ1) is 9.13. The molecule has 0 bridgehead atoms. The maximum absolute atomic E-state index is 9.25. The van der Waals surface area contributed by atoms with Crippen molar-refractivity contribution in [2.75, 3.05) is 0 Å². The smallest absolute Gasteiger partial charge is 0.115 e. The summed E-state index contributed by atoms with van der Waals surface area (Å²) in [7, 11) is 0. The van der Waals surface area contributed by atoms with Gasteiger partial charge >= 0.3 is 0 Å². The maximum Gasteiger partial charge on any atom is 0.115 e. The molecule has 0 aromatic heterocycles. The third-order valence-electron chi connectivity index (χ3n) is 4.09. The Balaban J connectivity index is 1.69. The summed E-state index contributed by atoms with van der Waals surface area (Å²) in [6, 6.07) is 9.13. The molecule has 2 rings (SSSR count). The summed E-state index contributed by atoms with van der Waals surface area (Å²) in [4.78, 5) is 0. The van der Waals surface area contributed by atoms with Gasteiger partial charge < -0.3 is 16.2 Å². The van der Waals surface area contributed by atoms with Gasteiger partial charge in [0.1, 0.15) is 5.75 Å². The van der Waals surface area contributed by atoms with Crippen LogP contribution in [0.2, 0.25) is 0 Å². The fourth-order valence-corrected chi connectivity index (χ4v) is 2.82. The van der Waals surface area contributed by atoms with Gasteiger partial charge in [0.2, 0.25) is 0 Å². The highest BCUT2D eigenvalue weighted by molar-refractivity contribution is 5.25. The van der Waals surface area contributed by atoms with Crippen LogP contribution in [0.4, 0.5) is 0 Å². The van der Waals surface area contributed by atoms with Gasteiger partial charge in [0.05, 0.1) is 0 Å². The highest BCUT2D eigenvalue weighted by Crippen LogP contribution is 2.18. The van der Waals surface area contributed by atoms with Gasteiger partial charge in [0.15, 0.2) is 0 Å². The van der Waals surface area contributed by atoms with Crippen LogP contribution >= 0.6 is 0 Å². The number of phenols is 1. The molecule has 3 nitrogen and oxygen atoms in total. The number of rotatable bonds is 5. The molecule has 1 aliphatic rings. The van der Waals surface area contributed by atoms with E-state index in [9.17, 15) is 5.11 Å². The third kappa shape index (κ3) is 4.84. The first-order valence-electron chi connectivity index (χ1n) is 7.43. The number of hydrogen-bond acceptors (Lipinski definition) is 3. The minimum absolute atomic E-state index is 0.341. The van der Waals surface area contributed by atoms with Crippen LogP contribution in [0.5, 0.6) is 5.75 Å². The van der Waals surface area contributed by atoms with E-state index >= 15 is 0 Å². The van der Waals surface area contributed by atoms with Gasteiger partial charge in [-0.25, -0.2) is 0 Å². The van der Waals surface area contributed by atoms with Crippen molar-refractivity contribution in [3.05, 3.63) is 29.8 Å². The molecule has 1 saturated carbocycles. The second kappa shape index (κ2) is 6.92. The highest BCUT2D eigenvalue weighted by atomic mass is 16.3. The SMILES string of the molecule is CC(CCc1ccc(O)cc1)NC1CCC(N)CC1. The van der Waals surface area contributed by atoms with E-state index in [1.54, 1.807) is 12.1 Å². The van der Waals surface area contributed by atoms with E-state index in [0.29, 0.717) is 23.9 Å². The lowest BCUT2D eigenvalue weighted by molar-refractivity contribution is 0.314. The molecule has 3 heteroatoms. The molecular weight excluding hydrogens is 236 g/mol. The molecule has 1 atom stereocenters. The molecule has 1 aromatic rings. The van der Waals surface area contributed by atoms with Gasteiger partial charge in [-0.2, -0.15) is 0 Å². The number of aromatic hydroxyl groups is 1. The van der Waals surface area contributed by atoms with E-state index in [4.69, 9.17) is 5.73 Å². The Morgan fingerprint density at radius 1 is 1.21 bits per heavy atom. The number of aryl methyl sites for hydroxylation is 1. The maximum atomic E-state index is 9.25. The monoisotopic (exact) mass is 262 g/mol. The van der Waals surface area contributed by atoms with E-state index < -0.39 is 0 Å². The predicted molar refractivity (Wildman–Crippen MR) is 79.3 cm³/mol. The fraction of sp³-hybridized carbons (Fsp3) is 0.625. The average molecular weight is 262 g/mol. The molecular formula is C16H26N2O. The molecule has 4 N–H and O–H groups in total. The quantitative estimate of drug-likeness (QED) is 0.764. The number of nitrogens with two attached hydrogens (primary N) is 1. The van der Waals surface area contributed by atoms with Crippen LogP contribution in [-0.2, 0) is 6.42 Å². The lowest BCUT2D eigenvalue weighted by Crippen LogP contribution is -2.41. The number of benzene rings is 1. The molecule has 106 valence electrons. The fourth-order valence-electron chi connectivity index (χ4n) is 2.82. The molecule has 1 aliphatic carbocycles. The molecule has 0 amide bonds. The Morgan fingerprint density at radius 2 is 1.84 bits per heavy atom. The third-order valence-corrected chi connectivity index (χ3v) is 4.09. The molecule has 19 heavy (non-hydrogen) atoms. The van der Waals surface area contributed by atoms with Crippen molar-refractivity contribution < 1.29 is 5.11 Å². The van der Waals surface area contributed by atoms with Crippen molar-refractivity contribution in [2.24, 2.45) is 5.73 Å². The van der Waals surface area contributed by atoms with E-state index in [2.05, 4.69) is 12.2 Å². The molecule has 1 aromatic carbocycles. The molecule has 1 fully saturated rings. The molecule has 0 aliphatic heterocycles. The topological polar surface area (TPSA) is 58.3 Å². The zero-order valence-corrected chi connectivity index (χ0v) is 11.8. The van der Waals surface area contributed by atoms with Crippen molar-refractivity contribution in [3.63, 3.8) is 0 Å². The van der Waals surface area contributed by atoms with Crippen LogP contribution in [0, 0.1) is 0 Å². The largest absolute Gasteiger partial charge is 0.508 e. The molecule has 0 heterocycles. The van der Waals surface area contributed by atoms with Gasteiger partial charge in [-0.1, -0.05) is 12.1 Å². The van der Waals surface area contributed by atoms with Gasteiger partial charge in [0, 0.05) is 18.1 Å². The van der Waals surface area contributed by atoms with Crippen LogP contribution in [-0.4, -0.2) is 23.2 Å². The van der Waals surface area contributed by atoms with E-state index in [1.165, 1.54) is 18.4 Å². The minimum Gasteiger partial charge on any atom is -0.508 e. The Morgan fingerprint density at radius 3 is 2.47 bits per heavy atom. The number of hydrogen-bond donors (Lipinski definition) is 3. The van der Waals surface area contributed by atoms with Crippen LogP contribution < -0.4 is 11.1 Å². The summed E-state index contributed by atoms with van der Waals surface area (Å²) in [6.07, 6.45) is 6.92. The Hall–Kier alpha value is -1.06. The van der Waals surface area contributed by atoms with Crippen molar-refractivity contribution in [1.29, 1.82) is 0 Å². The van der Waals surface area contributed by atoms with E-state index in [-0.39, 0.29) is 0 Å². The first kappa shape index (κ1) is 14.4. The molecule has 1 unspecified atom stereocenters. The zero-order chi connectivity index (χ0) is 13.7. The lowest BCUT2D eigenvalue weighted by atomic mass is 9.91. The highest BCUT2D eigenvalue weighted by Gasteiger charge is 2.19. The second-order valence-corrected chi connectivity index (χ2v) is 5.88. The first-order valence-corrected chi connectivity index (χ1v) is 7.43. The van der Waals surface area contributed by atoms with Crippen LogP contribution in [0.1, 0.15) is 44.6 Å². The minimum atomic E-state index is 0.341. The summed E-state index contributed by atoms with van der Waals surface area (Å²) < 4.78 is 0. The van der Waals surface area contributed by atoms with Crippen molar-refractivity contribution >= 4 is 0 Å². The molecule has 0 radical (unpaired) electrons. The van der Waals surface area contributed by atoms with E-state index in [0.717, 1.165) is 25.7 Å². The summed E-state index contributed by atoms with van der Waals surface area (Å²) in [5, 5.41) is 13.0. The summed E-state index contributed by atoms with van der Waals surface area (Å²) >= 11 is 0. The number of phenolic OH excluding ortho intramolecular Hbond substituents is 1. The summed E-state index contributed by atoms with van der Waals surface area (Å²) in [5.74, 6) is 0.341. The molecule has 0 saturated heterocycles. The van der Waals surface area contributed by atoms with Crippen LogP contribution in [0.15, 0.2) is 24.3 Å². The van der Waals surface area contributed by atoms with Crippen molar-refractivity contribution in [3.8, 4) is 5.75 Å². The zero-order valence-electron chi connectivity index (χ0n) is 11.8. The van der Waals surface area contributed by atoms with Gasteiger partial charge in [-0.3, -0.25) is 0 Å². The lowest BCUT2D eigenvalue weighted by Gasteiger charge is -2.29. The standard InChI is InChI=1S/C16H26N2O/c1-12(18-15-8-6-14(17)7-9-15)2-3-13-4-10-16(19)11-5-13/h4-5,10-12,14-15,18-19H,2-3,6-9,17H2,1H3. The van der Waals surface area contributed by atoms with Crippen LogP contribution in [0.3, 0.4) is 0 Å². The van der Waals surface area contributed by atoms with Gasteiger partial charge in [-0.15, -0.1) is 0 Å². The van der Waals surface area contributed by atoms with Crippen molar-refractivity contribution in [2.45, 2.75) is 63.6 Å². The average Bonchev–Trinajstić information content (AvgIpc) is 2.41. The molecule has 0 spiro atoms. The van der Waals surface area contributed by atoms with Crippen LogP contribution in [0.25, 0.3) is 0 Å². The second-order valence-electron chi connectivity index (χ2n) is 5.88. The number of nitrogens with one attached hydrogen (secondary N) is 1. The summed E-state index contributed by atoms with van der Waals surface area (Å²) in [6.45, 7) is 2.26. The van der Waals surface area contributed by atoms with Gasteiger partial charge in [-0.05, 0) is 63.1 Å². The Kier molecular flexibility index (Phi) is 5.23. The normalized spacial score (nSPS) is 25.2. The van der Waals surface area contributed by atoms with Crippen molar-refractivity contribution in [1.82, 2.24) is 5.32 Å². The Bertz CT molecular complexity index is 369.